The van der Waals surface area contributed by atoms with E-state index < -0.39 is 8.07 Å². The molecular formula is C28H38Si. The largest absolute Gasteiger partial charge is 0.0775 e. The van der Waals surface area contributed by atoms with Crippen molar-refractivity contribution < 1.29 is 0 Å². The summed E-state index contributed by atoms with van der Waals surface area (Å²) in [5, 5.41) is 1.55. The molecule has 1 fully saturated rings. The zero-order chi connectivity index (χ0) is 20.5. The van der Waals surface area contributed by atoms with Crippen LogP contribution in [0.25, 0.3) is 17.2 Å². The molecule has 29 heavy (non-hydrogen) atoms. The molecule has 1 saturated carbocycles. The first-order valence-electron chi connectivity index (χ1n) is 11.8. The fourth-order valence-electron chi connectivity index (χ4n) is 5.78. The van der Waals surface area contributed by atoms with E-state index in [0.717, 1.165) is 0 Å². The molecule has 2 aromatic rings. The molecule has 0 bridgehead atoms. The Labute approximate surface area is 179 Å². The molecule has 0 unspecified atom stereocenters. The molecule has 0 heterocycles. The van der Waals surface area contributed by atoms with Gasteiger partial charge in [0, 0.05) is 0 Å². The number of allylic oxidation sites excluding steroid dienone is 1. The molecule has 0 aromatic heterocycles. The van der Waals surface area contributed by atoms with Crippen LogP contribution in [0.5, 0.6) is 0 Å². The molecule has 1 heteroatoms. The van der Waals surface area contributed by atoms with Crippen molar-refractivity contribution in [1.29, 1.82) is 0 Å². The zero-order valence-electron chi connectivity index (χ0n) is 19.0. The van der Waals surface area contributed by atoms with Gasteiger partial charge in [-0.25, -0.2) is 0 Å². The maximum atomic E-state index is 2.56. The fraction of sp³-hybridized carbons (Fsp3) is 0.500. The predicted molar refractivity (Wildman–Crippen MR) is 132 cm³/mol. The highest BCUT2D eigenvalue weighted by atomic mass is 28.3. The van der Waals surface area contributed by atoms with Crippen molar-refractivity contribution in [1.82, 2.24) is 0 Å². The molecule has 4 rings (SSSR count). The van der Waals surface area contributed by atoms with Crippen LogP contribution in [-0.2, 0) is 6.42 Å². The minimum absolute atomic E-state index is 0.583. The van der Waals surface area contributed by atoms with E-state index in [-0.39, 0.29) is 0 Å². The molecule has 0 saturated heterocycles. The lowest BCUT2D eigenvalue weighted by Crippen LogP contribution is -2.37. The van der Waals surface area contributed by atoms with Crippen LogP contribution in [0.4, 0.5) is 0 Å². The Morgan fingerprint density at radius 1 is 0.897 bits per heavy atom. The maximum absolute atomic E-state index is 2.56. The van der Waals surface area contributed by atoms with Gasteiger partial charge in [0.2, 0.25) is 0 Å². The van der Waals surface area contributed by atoms with Crippen molar-refractivity contribution >= 4 is 19.3 Å². The lowest BCUT2D eigenvalue weighted by atomic mass is 9.67. The summed E-state index contributed by atoms with van der Waals surface area (Å²) < 4.78 is 0. The molecular weight excluding hydrogens is 364 g/mol. The minimum atomic E-state index is -1.24. The van der Waals surface area contributed by atoms with Gasteiger partial charge in [0.25, 0.3) is 0 Å². The Hall–Kier alpha value is -1.60. The highest BCUT2D eigenvalue weighted by molar-refractivity contribution is 6.88. The normalized spacial score (nSPS) is 18.4. The van der Waals surface area contributed by atoms with Crippen molar-refractivity contribution in [2.75, 3.05) is 0 Å². The molecule has 0 aliphatic heterocycles. The first-order valence-corrected chi connectivity index (χ1v) is 15.3. The average Bonchev–Trinajstić information content (AvgIpc) is 3.10. The van der Waals surface area contributed by atoms with Gasteiger partial charge in [-0.1, -0.05) is 112 Å². The standard InChI is InChI=1S/C28H38Si/c1-5-16-28(17-7-6-8-18-28)21-22-19-24-10-9-11-26(27(24)20-22)23-12-14-25(15-13-23)29(2,3)4/h9-15,20H,5-8,16-19,21H2,1-4H3. The summed E-state index contributed by atoms with van der Waals surface area (Å²) in [6, 6.07) is 16.4. The quantitative estimate of drug-likeness (QED) is 0.430. The first-order chi connectivity index (χ1) is 13.9. The van der Waals surface area contributed by atoms with Gasteiger partial charge >= 0.3 is 0 Å². The van der Waals surface area contributed by atoms with Crippen LogP contribution in [0.2, 0.25) is 19.6 Å². The van der Waals surface area contributed by atoms with Crippen molar-refractivity contribution in [3.05, 3.63) is 59.2 Å². The summed E-state index contributed by atoms with van der Waals surface area (Å²) in [4.78, 5) is 0. The van der Waals surface area contributed by atoms with Gasteiger partial charge in [-0.05, 0) is 59.8 Å². The highest BCUT2D eigenvalue weighted by Gasteiger charge is 2.33. The van der Waals surface area contributed by atoms with E-state index >= 15 is 0 Å². The fourth-order valence-corrected chi connectivity index (χ4v) is 6.95. The molecule has 0 atom stereocenters. The predicted octanol–water partition coefficient (Wildman–Crippen LogP) is 7.98. The Morgan fingerprint density at radius 3 is 2.28 bits per heavy atom. The second-order valence-electron chi connectivity index (χ2n) is 10.7. The molecule has 0 N–H and O–H groups in total. The molecule has 2 aromatic carbocycles. The van der Waals surface area contributed by atoms with Gasteiger partial charge in [-0.15, -0.1) is 0 Å². The van der Waals surface area contributed by atoms with Crippen LogP contribution >= 0.6 is 0 Å². The first kappa shape index (κ1) is 20.7. The second-order valence-corrected chi connectivity index (χ2v) is 15.7. The van der Waals surface area contributed by atoms with Gasteiger partial charge in [-0.2, -0.15) is 0 Å². The number of fused-ring (bicyclic) bond motifs is 1. The van der Waals surface area contributed by atoms with Gasteiger partial charge in [0.05, 0.1) is 8.07 Å². The number of benzene rings is 2. The van der Waals surface area contributed by atoms with Crippen molar-refractivity contribution in [3.63, 3.8) is 0 Å². The number of hydrogen-bond donors (Lipinski definition) is 0. The summed E-state index contributed by atoms with van der Waals surface area (Å²) >= 11 is 0. The SMILES string of the molecule is CCCC1(CC2=Cc3c(cccc3-c3ccc([Si](C)(C)C)cc3)C2)CCCCC1. The third-order valence-corrected chi connectivity index (χ3v) is 9.39. The van der Waals surface area contributed by atoms with Crippen LogP contribution < -0.4 is 5.19 Å². The van der Waals surface area contributed by atoms with Gasteiger partial charge in [0.15, 0.2) is 0 Å². The maximum Gasteiger partial charge on any atom is 0.0775 e. The van der Waals surface area contributed by atoms with E-state index in [1.807, 2.05) is 0 Å². The third-order valence-electron chi connectivity index (χ3n) is 7.32. The van der Waals surface area contributed by atoms with Gasteiger partial charge in [-0.3, -0.25) is 0 Å². The van der Waals surface area contributed by atoms with E-state index in [0.29, 0.717) is 5.41 Å². The lowest BCUT2D eigenvalue weighted by Gasteiger charge is -2.38. The summed E-state index contributed by atoms with van der Waals surface area (Å²) in [5.41, 5.74) is 8.09. The summed E-state index contributed by atoms with van der Waals surface area (Å²) in [7, 11) is -1.24. The third kappa shape index (κ3) is 4.45. The van der Waals surface area contributed by atoms with Crippen molar-refractivity contribution in [3.8, 4) is 11.1 Å². The molecule has 2 aliphatic rings. The zero-order valence-corrected chi connectivity index (χ0v) is 20.0. The summed E-state index contributed by atoms with van der Waals surface area (Å²) in [5.74, 6) is 0. The van der Waals surface area contributed by atoms with E-state index in [9.17, 15) is 0 Å². The van der Waals surface area contributed by atoms with E-state index in [1.165, 1.54) is 80.0 Å². The molecule has 0 amide bonds. The Morgan fingerprint density at radius 2 is 1.62 bits per heavy atom. The highest BCUT2D eigenvalue weighted by Crippen LogP contribution is 2.47. The lowest BCUT2D eigenvalue weighted by molar-refractivity contribution is 0.169. The van der Waals surface area contributed by atoms with Crippen LogP contribution in [0.15, 0.2) is 48.0 Å². The second kappa shape index (κ2) is 8.26. The molecule has 154 valence electrons. The van der Waals surface area contributed by atoms with Crippen LogP contribution in [-0.4, -0.2) is 8.07 Å². The molecule has 0 nitrogen and oxygen atoms in total. The summed E-state index contributed by atoms with van der Waals surface area (Å²) in [6.45, 7) is 9.65. The van der Waals surface area contributed by atoms with Crippen molar-refractivity contribution in [2.24, 2.45) is 5.41 Å². The molecule has 2 aliphatic carbocycles. The topological polar surface area (TPSA) is 0 Å². The number of rotatable bonds is 6. The van der Waals surface area contributed by atoms with E-state index in [4.69, 9.17) is 0 Å². The van der Waals surface area contributed by atoms with E-state index in [1.54, 1.807) is 10.8 Å². The molecule has 0 radical (unpaired) electrons. The van der Waals surface area contributed by atoms with Crippen molar-refractivity contribution in [2.45, 2.75) is 84.4 Å². The Balaban J connectivity index is 1.61. The van der Waals surface area contributed by atoms with E-state index in [2.05, 4.69) is 75.1 Å². The Bertz CT molecular complexity index is 868. The van der Waals surface area contributed by atoms with Crippen LogP contribution in [0.1, 0.15) is 69.4 Å². The van der Waals surface area contributed by atoms with Gasteiger partial charge in [0.1, 0.15) is 0 Å². The molecule has 0 spiro atoms. The smallest absolute Gasteiger partial charge is 0.0656 e. The average molecular weight is 403 g/mol. The monoisotopic (exact) mass is 402 g/mol. The van der Waals surface area contributed by atoms with Gasteiger partial charge < -0.3 is 0 Å². The van der Waals surface area contributed by atoms with Crippen LogP contribution in [0.3, 0.4) is 0 Å². The number of hydrogen-bond acceptors (Lipinski definition) is 0. The minimum Gasteiger partial charge on any atom is -0.0656 e. The Kier molecular flexibility index (Phi) is 5.89. The van der Waals surface area contributed by atoms with Crippen LogP contribution in [0, 0.1) is 5.41 Å². The summed E-state index contributed by atoms with van der Waals surface area (Å²) in [6.07, 6.45) is 15.0.